The zero-order chi connectivity index (χ0) is 21.3. The summed E-state index contributed by atoms with van der Waals surface area (Å²) >= 11 is 0. The Morgan fingerprint density at radius 3 is 2.70 bits per heavy atom. The first-order valence-electron chi connectivity index (χ1n) is 9.62. The summed E-state index contributed by atoms with van der Waals surface area (Å²) in [5.41, 5.74) is 4.94. The minimum atomic E-state index is -0.490. The van der Waals surface area contributed by atoms with Crippen LogP contribution in [-0.4, -0.2) is 32.1 Å². The van der Waals surface area contributed by atoms with E-state index in [-0.39, 0.29) is 0 Å². The van der Waals surface area contributed by atoms with Gasteiger partial charge in [0.15, 0.2) is 0 Å². The molecule has 0 saturated heterocycles. The van der Waals surface area contributed by atoms with Crippen molar-refractivity contribution in [3.05, 3.63) is 54.5 Å². The van der Waals surface area contributed by atoms with Gasteiger partial charge >= 0.3 is 0 Å². The van der Waals surface area contributed by atoms with E-state index in [0.717, 1.165) is 39.0 Å². The van der Waals surface area contributed by atoms with Crippen molar-refractivity contribution in [1.82, 2.24) is 25.0 Å². The lowest BCUT2D eigenvalue weighted by Crippen LogP contribution is -2.17. The van der Waals surface area contributed by atoms with Crippen LogP contribution in [0.1, 0.15) is 19.5 Å². The summed E-state index contributed by atoms with van der Waals surface area (Å²) in [5, 5.41) is 23.0. The topological polar surface area (TPSA) is 89.5 Å². The highest BCUT2D eigenvalue weighted by Crippen LogP contribution is 2.32. The van der Waals surface area contributed by atoms with Crippen LogP contribution in [0.2, 0.25) is 0 Å². The Hall–Kier alpha value is -3.79. The van der Waals surface area contributed by atoms with Crippen molar-refractivity contribution in [2.24, 2.45) is 5.41 Å². The van der Waals surface area contributed by atoms with E-state index in [1.807, 2.05) is 63.5 Å². The molecule has 0 amide bonds. The molecule has 1 aromatic carbocycles. The van der Waals surface area contributed by atoms with Crippen molar-refractivity contribution in [1.29, 1.82) is 5.26 Å². The van der Waals surface area contributed by atoms with E-state index >= 15 is 0 Å². The standard InChI is InChI=1S/C23H22N6O/c1-15-5-8-19(18-11-25-29(12-18)14-23(2,3)13-24)22(26-15)17-7-6-16-10-21(30-4)28-27-20(16)9-17/h5-12H,14H2,1-4H3. The van der Waals surface area contributed by atoms with Gasteiger partial charge in [0, 0.05) is 40.0 Å². The summed E-state index contributed by atoms with van der Waals surface area (Å²) in [4.78, 5) is 4.80. The molecule has 0 N–H and O–H groups in total. The third-order valence-electron chi connectivity index (χ3n) is 4.89. The number of pyridine rings is 1. The summed E-state index contributed by atoms with van der Waals surface area (Å²) in [6.45, 7) is 6.29. The molecule has 4 rings (SSSR count). The van der Waals surface area contributed by atoms with E-state index in [0.29, 0.717) is 12.4 Å². The lowest BCUT2D eigenvalue weighted by atomic mass is 9.96. The smallest absolute Gasteiger partial charge is 0.233 e. The zero-order valence-electron chi connectivity index (χ0n) is 17.4. The Kier molecular flexibility index (Phi) is 4.92. The highest BCUT2D eigenvalue weighted by Gasteiger charge is 2.19. The maximum absolute atomic E-state index is 9.30. The van der Waals surface area contributed by atoms with Crippen LogP contribution in [0.4, 0.5) is 0 Å². The van der Waals surface area contributed by atoms with E-state index in [9.17, 15) is 5.26 Å². The van der Waals surface area contributed by atoms with Crippen LogP contribution in [-0.2, 0) is 6.54 Å². The van der Waals surface area contributed by atoms with Gasteiger partial charge in [-0.15, -0.1) is 10.2 Å². The lowest BCUT2D eigenvalue weighted by molar-refractivity contribution is 0.384. The number of nitrogens with zero attached hydrogens (tertiary/aromatic N) is 6. The second-order valence-corrected chi connectivity index (χ2v) is 7.93. The molecule has 3 heterocycles. The van der Waals surface area contributed by atoms with Crippen molar-refractivity contribution in [3.8, 4) is 34.3 Å². The molecule has 30 heavy (non-hydrogen) atoms. The molecule has 0 unspecified atom stereocenters. The predicted octanol–water partition coefficient (Wildman–Crippen LogP) is 4.42. The first kappa shape index (κ1) is 19.5. The minimum Gasteiger partial charge on any atom is -0.480 e. The third kappa shape index (κ3) is 3.85. The molecule has 3 aromatic heterocycles. The number of hydrogen-bond donors (Lipinski definition) is 0. The summed E-state index contributed by atoms with van der Waals surface area (Å²) in [6.07, 6.45) is 3.77. The number of methoxy groups -OCH3 is 1. The van der Waals surface area contributed by atoms with Crippen molar-refractivity contribution in [3.63, 3.8) is 0 Å². The molecule has 4 aromatic rings. The fourth-order valence-electron chi connectivity index (χ4n) is 3.30. The maximum Gasteiger partial charge on any atom is 0.233 e. The van der Waals surface area contributed by atoms with Crippen molar-refractivity contribution >= 4 is 10.9 Å². The number of hydrogen-bond acceptors (Lipinski definition) is 6. The number of benzene rings is 1. The van der Waals surface area contributed by atoms with Crippen molar-refractivity contribution in [2.75, 3.05) is 7.11 Å². The molecule has 0 aliphatic heterocycles. The number of aryl methyl sites for hydroxylation is 1. The molecule has 0 radical (unpaired) electrons. The average Bonchev–Trinajstić information content (AvgIpc) is 3.20. The highest BCUT2D eigenvalue weighted by molar-refractivity contribution is 5.88. The van der Waals surface area contributed by atoms with Gasteiger partial charge in [0.1, 0.15) is 0 Å². The second kappa shape index (κ2) is 7.56. The molecular formula is C23H22N6O. The van der Waals surface area contributed by atoms with Crippen LogP contribution < -0.4 is 4.74 Å². The molecule has 0 bridgehead atoms. The predicted molar refractivity (Wildman–Crippen MR) is 115 cm³/mol. The zero-order valence-corrected chi connectivity index (χ0v) is 17.4. The monoisotopic (exact) mass is 398 g/mol. The van der Waals surface area contributed by atoms with Gasteiger partial charge in [-0.2, -0.15) is 10.4 Å². The maximum atomic E-state index is 9.30. The molecule has 150 valence electrons. The molecular weight excluding hydrogens is 376 g/mol. The van der Waals surface area contributed by atoms with E-state index in [1.165, 1.54) is 0 Å². The Balaban J connectivity index is 1.77. The normalized spacial score (nSPS) is 11.4. The Morgan fingerprint density at radius 2 is 1.93 bits per heavy atom. The SMILES string of the molecule is COc1cc2ccc(-c3nc(C)ccc3-c3cnn(CC(C)(C)C#N)c3)cc2nn1. The summed E-state index contributed by atoms with van der Waals surface area (Å²) < 4.78 is 6.97. The van der Waals surface area contributed by atoms with E-state index < -0.39 is 5.41 Å². The third-order valence-corrected chi connectivity index (χ3v) is 4.89. The first-order valence-corrected chi connectivity index (χ1v) is 9.62. The Bertz CT molecular complexity index is 1270. The summed E-state index contributed by atoms with van der Waals surface area (Å²) in [6, 6.07) is 14.2. The van der Waals surface area contributed by atoms with Gasteiger partial charge in [0.05, 0.1) is 42.5 Å². The summed E-state index contributed by atoms with van der Waals surface area (Å²) in [5.74, 6) is 0.484. The number of ether oxygens (including phenoxy) is 1. The molecule has 0 fully saturated rings. The number of rotatable bonds is 5. The van der Waals surface area contributed by atoms with Gasteiger partial charge in [-0.05, 0) is 32.9 Å². The fraction of sp³-hybridized carbons (Fsp3) is 0.261. The van der Waals surface area contributed by atoms with E-state index in [4.69, 9.17) is 9.72 Å². The van der Waals surface area contributed by atoms with Crippen molar-refractivity contribution in [2.45, 2.75) is 27.3 Å². The van der Waals surface area contributed by atoms with Gasteiger partial charge in [-0.25, -0.2) is 0 Å². The van der Waals surface area contributed by atoms with Gasteiger partial charge in [0.2, 0.25) is 5.88 Å². The van der Waals surface area contributed by atoms with Gasteiger partial charge < -0.3 is 4.74 Å². The van der Waals surface area contributed by atoms with Gasteiger partial charge in [-0.1, -0.05) is 18.2 Å². The van der Waals surface area contributed by atoms with Crippen LogP contribution in [0.15, 0.2) is 48.8 Å². The van der Waals surface area contributed by atoms with Crippen LogP contribution in [0, 0.1) is 23.7 Å². The largest absolute Gasteiger partial charge is 0.480 e. The minimum absolute atomic E-state index is 0.484. The molecule has 0 aliphatic carbocycles. The van der Waals surface area contributed by atoms with Crippen LogP contribution in [0.3, 0.4) is 0 Å². The molecule has 7 nitrogen and oxygen atoms in total. The highest BCUT2D eigenvalue weighted by atomic mass is 16.5. The Labute approximate surface area is 175 Å². The van der Waals surface area contributed by atoms with Gasteiger partial charge in [0.25, 0.3) is 0 Å². The molecule has 7 heteroatoms. The van der Waals surface area contributed by atoms with E-state index in [1.54, 1.807) is 11.8 Å². The Morgan fingerprint density at radius 1 is 1.10 bits per heavy atom. The first-order chi connectivity index (χ1) is 14.4. The van der Waals surface area contributed by atoms with Crippen LogP contribution in [0.25, 0.3) is 33.3 Å². The van der Waals surface area contributed by atoms with Crippen LogP contribution >= 0.6 is 0 Å². The fourth-order valence-corrected chi connectivity index (χ4v) is 3.30. The quantitative estimate of drug-likeness (QED) is 0.494. The summed E-state index contributed by atoms with van der Waals surface area (Å²) in [7, 11) is 1.57. The number of fused-ring (bicyclic) bond motifs is 1. The van der Waals surface area contributed by atoms with E-state index in [2.05, 4.69) is 27.4 Å². The second-order valence-electron chi connectivity index (χ2n) is 7.93. The number of nitriles is 1. The molecule has 0 aliphatic rings. The number of aromatic nitrogens is 5. The van der Waals surface area contributed by atoms with Crippen LogP contribution in [0.5, 0.6) is 5.88 Å². The molecule has 0 spiro atoms. The average molecular weight is 398 g/mol. The molecule has 0 saturated carbocycles. The molecule has 0 atom stereocenters. The van der Waals surface area contributed by atoms with Crippen molar-refractivity contribution < 1.29 is 4.74 Å². The lowest BCUT2D eigenvalue weighted by Gasteiger charge is -2.14. The van der Waals surface area contributed by atoms with Gasteiger partial charge in [-0.3, -0.25) is 9.67 Å².